The van der Waals surface area contributed by atoms with E-state index in [1.807, 2.05) is 0 Å². The molecule has 0 amide bonds. The first-order chi connectivity index (χ1) is 13.9. The Hall–Kier alpha value is -3.07. The van der Waals surface area contributed by atoms with E-state index in [2.05, 4.69) is 10.6 Å². The van der Waals surface area contributed by atoms with Gasteiger partial charge in [-0.1, -0.05) is 11.6 Å². The molecule has 8 nitrogen and oxygen atoms in total. The van der Waals surface area contributed by atoms with Gasteiger partial charge in [0.2, 0.25) is 0 Å². The second-order valence-electron chi connectivity index (χ2n) is 6.17. The number of hydrogen-bond donors (Lipinski definition) is 3. The maximum Gasteiger partial charge on any atom is 0.335 e. The van der Waals surface area contributed by atoms with Gasteiger partial charge in [-0.3, -0.25) is 10.1 Å². The summed E-state index contributed by atoms with van der Waals surface area (Å²) in [5.74, 6) is 0.155. The number of nitrogens with zero attached hydrogens (tertiary/aromatic N) is 1. The topological polar surface area (TPSA) is 118 Å². The molecule has 0 atom stereocenters. The highest BCUT2D eigenvalue weighted by Crippen LogP contribution is 2.30. The van der Waals surface area contributed by atoms with Crippen LogP contribution in [0.3, 0.4) is 0 Å². The van der Waals surface area contributed by atoms with Crippen LogP contribution < -0.4 is 10.6 Å². The number of rotatable bonds is 9. The normalized spacial score (nSPS) is 10.3. The summed E-state index contributed by atoms with van der Waals surface area (Å²) >= 11 is 6.16. The summed E-state index contributed by atoms with van der Waals surface area (Å²) in [6.07, 6.45) is 0. The van der Waals surface area contributed by atoms with Crippen molar-refractivity contribution in [3.8, 4) is 11.3 Å². The van der Waals surface area contributed by atoms with Crippen molar-refractivity contribution < 1.29 is 19.2 Å². The van der Waals surface area contributed by atoms with Crippen molar-refractivity contribution in [3.63, 3.8) is 0 Å². The summed E-state index contributed by atoms with van der Waals surface area (Å²) < 4.78 is 5.76. The second-order valence-corrected chi connectivity index (χ2v) is 6.58. The van der Waals surface area contributed by atoms with Crippen LogP contribution in [-0.4, -0.2) is 29.1 Å². The largest absolute Gasteiger partial charge is 0.478 e. The zero-order valence-corrected chi connectivity index (χ0v) is 17.2. The van der Waals surface area contributed by atoms with Gasteiger partial charge in [-0.05, 0) is 42.5 Å². The Labute approximate surface area is 183 Å². The average molecular weight is 452 g/mol. The molecule has 0 saturated carbocycles. The standard InChI is InChI=1S/C20H18ClN3O5.ClH/c21-18-7-1-13(20(25)26)11-17(18)19-8-6-16(29-19)12-22-9-10-23-14-2-4-15(5-3-14)24(27)28;/h1-8,11,22-23H,9-10,12H2,(H,25,26);1H. The molecule has 0 aliphatic rings. The molecule has 158 valence electrons. The number of aromatic carboxylic acids is 1. The Kier molecular flexibility index (Phi) is 8.23. The molecular formula is C20H19Cl2N3O5. The number of carboxylic acids is 1. The third kappa shape index (κ3) is 5.96. The number of halogens is 2. The van der Waals surface area contributed by atoms with Crippen molar-refractivity contribution in [1.29, 1.82) is 0 Å². The lowest BCUT2D eigenvalue weighted by molar-refractivity contribution is -0.384. The van der Waals surface area contributed by atoms with Crippen molar-refractivity contribution in [2.45, 2.75) is 6.54 Å². The molecule has 1 heterocycles. The molecule has 0 aliphatic carbocycles. The van der Waals surface area contributed by atoms with Gasteiger partial charge >= 0.3 is 5.97 Å². The Bertz CT molecular complexity index is 1020. The number of hydrogen-bond acceptors (Lipinski definition) is 6. The van der Waals surface area contributed by atoms with E-state index in [9.17, 15) is 14.9 Å². The van der Waals surface area contributed by atoms with E-state index in [0.29, 0.717) is 41.7 Å². The van der Waals surface area contributed by atoms with E-state index in [1.54, 1.807) is 24.3 Å². The molecule has 0 bridgehead atoms. The molecule has 2 aromatic carbocycles. The van der Waals surface area contributed by atoms with Gasteiger partial charge in [0.25, 0.3) is 5.69 Å². The van der Waals surface area contributed by atoms with Gasteiger partial charge in [0.1, 0.15) is 11.5 Å². The molecule has 10 heteroatoms. The highest BCUT2D eigenvalue weighted by Gasteiger charge is 2.12. The highest BCUT2D eigenvalue weighted by molar-refractivity contribution is 6.33. The van der Waals surface area contributed by atoms with Crippen molar-refractivity contribution in [3.05, 3.63) is 81.1 Å². The molecule has 0 unspecified atom stereocenters. The van der Waals surface area contributed by atoms with E-state index in [4.69, 9.17) is 21.1 Å². The monoisotopic (exact) mass is 451 g/mol. The van der Waals surface area contributed by atoms with Crippen LogP contribution in [0.15, 0.2) is 59.0 Å². The Morgan fingerprint density at radius 2 is 1.83 bits per heavy atom. The van der Waals surface area contributed by atoms with Gasteiger partial charge < -0.3 is 20.2 Å². The summed E-state index contributed by atoms with van der Waals surface area (Å²) in [7, 11) is 0. The number of carbonyl (C=O) groups is 1. The lowest BCUT2D eigenvalue weighted by Gasteiger charge is -2.07. The number of nitrogens with one attached hydrogen (secondary N) is 2. The average Bonchev–Trinajstić information content (AvgIpc) is 3.17. The smallest absolute Gasteiger partial charge is 0.335 e. The van der Waals surface area contributed by atoms with Crippen LogP contribution >= 0.6 is 24.0 Å². The van der Waals surface area contributed by atoms with E-state index in [0.717, 1.165) is 5.69 Å². The molecule has 3 aromatic rings. The van der Waals surface area contributed by atoms with Crippen LogP contribution in [-0.2, 0) is 6.54 Å². The third-order valence-corrected chi connectivity index (χ3v) is 4.48. The summed E-state index contributed by atoms with van der Waals surface area (Å²) in [6, 6.07) is 14.2. The molecule has 3 rings (SSSR count). The molecule has 3 N–H and O–H groups in total. The van der Waals surface area contributed by atoms with E-state index < -0.39 is 10.9 Å². The molecular weight excluding hydrogens is 433 g/mol. The molecule has 0 fully saturated rings. The van der Waals surface area contributed by atoms with Crippen LogP contribution in [0, 0.1) is 10.1 Å². The number of anilines is 1. The fourth-order valence-electron chi connectivity index (χ4n) is 2.67. The van der Waals surface area contributed by atoms with Gasteiger partial charge in [0, 0.05) is 36.5 Å². The first kappa shape index (κ1) is 23.2. The maximum atomic E-state index is 11.1. The van der Waals surface area contributed by atoms with Crippen LogP contribution in [0.1, 0.15) is 16.1 Å². The number of benzene rings is 2. The minimum atomic E-state index is -1.03. The second kappa shape index (κ2) is 10.6. The fourth-order valence-corrected chi connectivity index (χ4v) is 2.88. The lowest BCUT2D eigenvalue weighted by atomic mass is 10.1. The Morgan fingerprint density at radius 1 is 1.10 bits per heavy atom. The molecule has 30 heavy (non-hydrogen) atoms. The van der Waals surface area contributed by atoms with Crippen molar-refractivity contribution >= 4 is 41.4 Å². The number of carboxylic acid groups (broad SMARTS) is 1. The number of non-ortho nitro benzene ring substituents is 1. The van der Waals surface area contributed by atoms with E-state index >= 15 is 0 Å². The van der Waals surface area contributed by atoms with Gasteiger partial charge in [0.15, 0.2) is 0 Å². The van der Waals surface area contributed by atoms with Crippen molar-refractivity contribution in [2.75, 3.05) is 18.4 Å². The van der Waals surface area contributed by atoms with Crippen LogP contribution in [0.4, 0.5) is 11.4 Å². The first-order valence-electron chi connectivity index (χ1n) is 8.75. The van der Waals surface area contributed by atoms with Gasteiger partial charge in [0.05, 0.1) is 22.1 Å². The molecule has 0 spiro atoms. The quantitative estimate of drug-likeness (QED) is 0.242. The van der Waals surface area contributed by atoms with Crippen LogP contribution in [0.2, 0.25) is 5.02 Å². The summed E-state index contributed by atoms with van der Waals surface area (Å²) in [6.45, 7) is 1.75. The van der Waals surface area contributed by atoms with Crippen LogP contribution in [0.5, 0.6) is 0 Å². The Balaban J connectivity index is 0.00000320. The SMILES string of the molecule is Cl.O=C(O)c1ccc(Cl)c(-c2ccc(CNCCNc3ccc([N+](=O)[O-])cc3)o2)c1. The summed E-state index contributed by atoms with van der Waals surface area (Å²) in [5.41, 5.74) is 1.51. The van der Waals surface area contributed by atoms with E-state index in [1.165, 1.54) is 30.3 Å². The molecule has 0 aliphatic heterocycles. The Morgan fingerprint density at radius 3 is 2.50 bits per heavy atom. The zero-order valence-electron chi connectivity index (χ0n) is 15.6. The number of nitro groups is 1. The predicted octanol–water partition coefficient (Wildman–Crippen LogP) is 4.83. The summed E-state index contributed by atoms with van der Waals surface area (Å²) in [4.78, 5) is 21.3. The predicted molar refractivity (Wildman–Crippen MR) is 117 cm³/mol. The zero-order chi connectivity index (χ0) is 20.8. The fraction of sp³-hybridized carbons (Fsp3) is 0.150. The maximum absolute atomic E-state index is 11.1. The minimum absolute atomic E-state index is 0. The van der Waals surface area contributed by atoms with Gasteiger partial charge in [-0.15, -0.1) is 12.4 Å². The first-order valence-corrected chi connectivity index (χ1v) is 9.13. The van der Waals surface area contributed by atoms with Crippen molar-refractivity contribution in [2.24, 2.45) is 0 Å². The molecule has 1 aromatic heterocycles. The van der Waals surface area contributed by atoms with Gasteiger partial charge in [-0.2, -0.15) is 0 Å². The van der Waals surface area contributed by atoms with E-state index in [-0.39, 0.29) is 23.7 Å². The highest BCUT2D eigenvalue weighted by atomic mass is 35.5. The summed E-state index contributed by atoms with van der Waals surface area (Å²) in [5, 5.41) is 26.6. The van der Waals surface area contributed by atoms with Crippen LogP contribution in [0.25, 0.3) is 11.3 Å². The van der Waals surface area contributed by atoms with Gasteiger partial charge in [-0.25, -0.2) is 4.79 Å². The van der Waals surface area contributed by atoms with Crippen molar-refractivity contribution in [1.82, 2.24) is 5.32 Å². The number of nitro benzene ring substituents is 1. The lowest BCUT2D eigenvalue weighted by Crippen LogP contribution is -2.21. The third-order valence-electron chi connectivity index (χ3n) is 4.15. The minimum Gasteiger partial charge on any atom is -0.478 e. The molecule has 0 radical (unpaired) electrons. The molecule has 0 saturated heterocycles. The number of furan rings is 1.